The molecule has 2 N–H and O–H groups in total. The van der Waals surface area contributed by atoms with Gasteiger partial charge in [0.25, 0.3) is 6.57 Å². The third kappa shape index (κ3) is 63.6. The van der Waals surface area contributed by atoms with Gasteiger partial charge in [-0.25, -0.2) is 0 Å². The average Bonchev–Trinajstić information content (AvgIpc) is 2.26. The lowest BCUT2D eigenvalue weighted by atomic mass is 10.5. The molecule has 4 atom stereocenters. The molecule has 0 spiro atoms. The molecule has 0 aliphatic rings. The van der Waals surface area contributed by atoms with Crippen LogP contribution in [0.25, 0.3) is 0 Å². The summed E-state index contributed by atoms with van der Waals surface area (Å²) in [4.78, 5) is 28.4. The maximum absolute atomic E-state index is 10.7. The standard InChI is InChI=1S/4C4H11O2PS/c4*1-4(2)6-7(3,5)8/h4*4H,1-3H3,(H,5,8)/p-1. The highest BCUT2D eigenvalue weighted by Crippen LogP contribution is 2.48. The van der Waals surface area contributed by atoms with Crippen LogP contribution >= 0.6 is 38.3 Å². The van der Waals surface area contributed by atoms with E-state index < -0.39 is 26.0 Å². The second kappa shape index (κ2) is 19.4. The van der Waals surface area contributed by atoms with E-state index in [1.165, 1.54) is 13.3 Å². The van der Waals surface area contributed by atoms with Gasteiger partial charge in [0, 0.05) is 20.0 Å². The van der Waals surface area contributed by atoms with Crippen LogP contribution in [-0.2, 0) is 58.1 Å². The topological polar surface area (TPSA) is 118 Å². The van der Waals surface area contributed by atoms with Crippen LogP contribution in [0.2, 0.25) is 0 Å². The van der Waals surface area contributed by atoms with Crippen molar-refractivity contribution in [3.8, 4) is 0 Å². The first kappa shape index (κ1) is 41.4. The summed E-state index contributed by atoms with van der Waals surface area (Å²) in [7, 11) is 0. The predicted octanol–water partition coefficient (Wildman–Crippen LogP) is 5.56. The van der Waals surface area contributed by atoms with Crippen molar-refractivity contribution in [1.82, 2.24) is 0 Å². The third-order valence-electron chi connectivity index (χ3n) is 1.62. The molecule has 0 rings (SSSR count). The molecule has 0 saturated heterocycles. The lowest BCUT2D eigenvalue weighted by Gasteiger charge is -2.24. The lowest BCUT2D eigenvalue weighted by Crippen LogP contribution is -2.07. The number of hydrogen-bond donors (Lipinski definition) is 3. The van der Waals surface area contributed by atoms with E-state index in [9.17, 15) is 9.46 Å². The Bertz CT molecular complexity index is 538. The fourth-order valence-corrected chi connectivity index (χ4v) is 6.78. The van der Waals surface area contributed by atoms with Crippen LogP contribution in [0.5, 0.6) is 0 Å². The minimum atomic E-state index is -2.64. The Morgan fingerprint density at radius 2 is 0.875 bits per heavy atom. The molecule has 16 heteroatoms. The highest BCUT2D eigenvalue weighted by molar-refractivity contribution is 8.46. The van der Waals surface area contributed by atoms with Crippen molar-refractivity contribution >= 4 is 73.7 Å². The first-order valence-corrected chi connectivity index (χ1v) is 22.1. The summed E-state index contributed by atoms with van der Waals surface area (Å²) in [6, 6.07) is 0. The van der Waals surface area contributed by atoms with Crippen LogP contribution < -0.4 is 4.89 Å². The molecular formula is C16H43O8P4S4-. The maximum atomic E-state index is 10.7. The van der Waals surface area contributed by atoms with Crippen LogP contribution in [0.4, 0.5) is 0 Å². The van der Waals surface area contributed by atoms with E-state index >= 15 is 0 Å². The van der Waals surface area contributed by atoms with Crippen molar-refractivity contribution in [2.45, 2.75) is 79.8 Å². The van der Waals surface area contributed by atoms with E-state index in [-0.39, 0.29) is 24.4 Å². The van der Waals surface area contributed by atoms with E-state index in [0.29, 0.717) is 0 Å². The molecule has 0 aromatic rings. The minimum Gasteiger partial charge on any atom is -0.801 e. The summed E-state index contributed by atoms with van der Waals surface area (Å²) >= 11 is 17.4. The second-order valence-corrected chi connectivity index (χ2v) is 23.2. The van der Waals surface area contributed by atoms with Crippen molar-refractivity contribution < 1.29 is 37.3 Å². The lowest BCUT2D eigenvalue weighted by molar-refractivity contribution is -0.183. The summed E-state index contributed by atoms with van der Waals surface area (Å²) in [6.45, 7) is 10.7. The molecule has 0 fully saturated rings. The minimum absolute atomic E-state index is 0.00309. The van der Waals surface area contributed by atoms with Crippen LogP contribution in [0.15, 0.2) is 0 Å². The monoisotopic (exact) mass is 615 g/mol. The summed E-state index contributed by atoms with van der Waals surface area (Å²) in [5, 5.41) is 0. The molecule has 0 radical (unpaired) electrons. The molecule has 200 valence electrons. The van der Waals surface area contributed by atoms with Crippen LogP contribution in [0.1, 0.15) is 55.4 Å². The van der Waals surface area contributed by atoms with Crippen LogP contribution in [0.3, 0.4) is 0 Å². The molecule has 0 aliphatic carbocycles. The number of hydrogen-bond acceptors (Lipinski definition) is 9. The van der Waals surface area contributed by atoms with Crippen LogP contribution in [-0.4, -0.2) is 60.9 Å². The first-order chi connectivity index (χ1) is 13.7. The Labute approximate surface area is 216 Å². The average molecular weight is 616 g/mol. The van der Waals surface area contributed by atoms with Gasteiger partial charge in [0.2, 0.25) is 0 Å². The third-order valence-corrected chi connectivity index (χ3v) is 5.92. The zero-order valence-corrected chi connectivity index (χ0v) is 28.0. The summed E-state index contributed by atoms with van der Waals surface area (Å²) in [5.74, 6) is 0. The van der Waals surface area contributed by atoms with E-state index in [1.807, 2.05) is 55.4 Å². The van der Waals surface area contributed by atoms with E-state index in [2.05, 4.69) is 47.7 Å². The van der Waals surface area contributed by atoms with Gasteiger partial charge in [0.15, 0.2) is 13.0 Å². The Morgan fingerprint density at radius 3 is 0.875 bits per heavy atom. The van der Waals surface area contributed by atoms with Crippen molar-refractivity contribution in [2.75, 3.05) is 26.7 Å². The maximum Gasteiger partial charge on any atom is 0.251 e. The summed E-state index contributed by atoms with van der Waals surface area (Å²) in [5.41, 5.74) is 0. The molecule has 0 aromatic heterocycles. The van der Waals surface area contributed by atoms with Gasteiger partial charge in [-0.1, -0.05) is 24.1 Å². The van der Waals surface area contributed by atoms with Crippen molar-refractivity contribution in [3.05, 3.63) is 0 Å². The van der Waals surface area contributed by atoms with Gasteiger partial charge in [-0.05, 0) is 92.2 Å². The molecule has 0 heterocycles. The van der Waals surface area contributed by atoms with Crippen molar-refractivity contribution in [2.24, 2.45) is 0 Å². The van der Waals surface area contributed by atoms with Gasteiger partial charge in [0.1, 0.15) is 0 Å². The van der Waals surface area contributed by atoms with Gasteiger partial charge < -0.3 is 32.8 Å². The van der Waals surface area contributed by atoms with Gasteiger partial charge >= 0.3 is 0 Å². The Hall–Kier alpha value is 2.25. The fraction of sp³-hybridized carbons (Fsp3) is 1.00. The normalized spacial score (nSPS) is 18.6. The first-order valence-electron chi connectivity index (χ1n) is 9.59. The summed E-state index contributed by atoms with van der Waals surface area (Å²) < 4.78 is 30.2. The smallest absolute Gasteiger partial charge is 0.251 e. The highest BCUT2D eigenvalue weighted by atomic mass is 32.7. The largest absolute Gasteiger partial charge is 0.801 e. The van der Waals surface area contributed by atoms with E-state index in [0.717, 1.165) is 0 Å². The molecule has 0 amide bonds. The zero-order valence-electron chi connectivity index (χ0n) is 21.1. The van der Waals surface area contributed by atoms with Gasteiger partial charge in [0.05, 0.1) is 24.4 Å². The molecule has 0 bridgehead atoms. The van der Waals surface area contributed by atoms with E-state index in [1.54, 1.807) is 13.3 Å². The van der Waals surface area contributed by atoms with Gasteiger partial charge in [-0.2, -0.15) is 0 Å². The second-order valence-electron chi connectivity index (χ2n) is 7.80. The molecule has 8 nitrogen and oxygen atoms in total. The van der Waals surface area contributed by atoms with Gasteiger partial charge in [-0.15, -0.1) is 0 Å². The Balaban J connectivity index is -0.000000163. The van der Waals surface area contributed by atoms with Crippen LogP contribution in [0, 0.1) is 0 Å². The van der Waals surface area contributed by atoms with E-state index in [4.69, 9.17) is 27.9 Å². The fourth-order valence-electron chi connectivity index (χ4n) is 1.56. The molecule has 0 aliphatic heterocycles. The van der Waals surface area contributed by atoms with Crippen molar-refractivity contribution in [1.29, 1.82) is 0 Å². The van der Waals surface area contributed by atoms with Crippen molar-refractivity contribution in [3.63, 3.8) is 0 Å². The molecule has 4 unspecified atom stereocenters. The Morgan fingerprint density at radius 1 is 0.656 bits per heavy atom. The molecular weight excluding hydrogens is 572 g/mol. The quantitative estimate of drug-likeness (QED) is 0.235. The molecule has 0 saturated carbocycles. The number of thiol groups is 1. The molecule has 32 heavy (non-hydrogen) atoms. The zero-order chi connectivity index (χ0) is 27.1. The van der Waals surface area contributed by atoms with Gasteiger partial charge in [-0.3, -0.25) is 4.57 Å². The summed E-state index contributed by atoms with van der Waals surface area (Å²) in [6.07, 6.45) is 0.0540. The Kier molecular flexibility index (Phi) is 25.1. The highest BCUT2D eigenvalue weighted by Gasteiger charge is 2.09. The number of rotatable bonds is 8. The predicted molar refractivity (Wildman–Crippen MR) is 152 cm³/mol. The molecule has 0 aromatic carbocycles. The SMILES string of the molecule is CC(C)OP(C)(=O)S.CC(C)OP(C)(O)=S.CC(C)OP(C)(O)=S.CC(C)OP(C)([O-])=S.